The lowest BCUT2D eigenvalue weighted by molar-refractivity contribution is 0.157. The third-order valence-electron chi connectivity index (χ3n) is 2.29. The van der Waals surface area contributed by atoms with Gasteiger partial charge in [-0.15, -0.1) is 0 Å². The fourth-order valence-electron chi connectivity index (χ4n) is 1.44. The lowest BCUT2D eigenvalue weighted by Gasteiger charge is -2.09. The molecule has 0 aromatic heterocycles. The van der Waals surface area contributed by atoms with Crippen LogP contribution in [0.4, 0.5) is 9.18 Å². The molecule has 6 N–H and O–H groups in total. The van der Waals surface area contributed by atoms with Crippen LogP contribution in [-0.4, -0.2) is 30.3 Å². The van der Waals surface area contributed by atoms with Gasteiger partial charge in [-0.2, -0.15) is 0 Å². The molecule has 0 unspecified atom stereocenters. The molecule has 0 radical (unpaired) electrons. The molecular formula is C11H15FN4O3. The molecule has 8 heteroatoms. The molecule has 7 nitrogen and oxygen atoms in total. The third kappa shape index (κ3) is 4.80. The van der Waals surface area contributed by atoms with Crippen LogP contribution in [0, 0.1) is 5.82 Å². The van der Waals surface area contributed by atoms with E-state index >= 15 is 0 Å². The number of primary amides is 1. The predicted molar refractivity (Wildman–Crippen MR) is 66.2 cm³/mol. The van der Waals surface area contributed by atoms with E-state index in [9.17, 15) is 9.18 Å². The highest BCUT2D eigenvalue weighted by atomic mass is 19.1. The maximum Gasteiger partial charge on any atom is 0.404 e. The molecule has 0 fully saturated rings. The van der Waals surface area contributed by atoms with E-state index in [1.54, 1.807) is 0 Å². The zero-order valence-corrected chi connectivity index (χ0v) is 10.1. The van der Waals surface area contributed by atoms with E-state index in [2.05, 4.69) is 15.2 Å². The van der Waals surface area contributed by atoms with E-state index in [-0.39, 0.29) is 12.4 Å². The number of nitrogens with two attached hydrogens (primary N) is 2. The van der Waals surface area contributed by atoms with Gasteiger partial charge in [-0.25, -0.2) is 9.18 Å². The second-order valence-corrected chi connectivity index (χ2v) is 3.63. The molecule has 0 atom stereocenters. The van der Waals surface area contributed by atoms with Crippen LogP contribution in [0.1, 0.15) is 11.1 Å². The average molecular weight is 270 g/mol. The normalized spacial score (nSPS) is 11.3. The molecular weight excluding hydrogens is 255 g/mol. The first-order valence-electron chi connectivity index (χ1n) is 5.44. The standard InChI is InChI=1S/C11H15FN4O3/c12-8-2-1-7(9(5-8)10(13)16-18)6-15-3-4-19-11(14)17/h1-2,5,15,18H,3-4,6H2,(H2,13,16)(H2,14,17). The van der Waals surface area contributed by atoms with Gasteiger partial charge in [0.2, 0.25) is 0 Å². The summed E-state index contributed by atoms with van der Waals surface area (Å²) in [5.41, 5.74) is 11.2. The Labute approximate surface area is 109 Å². The Morgan fingerprint density at radius 2 is 2.21 bits per heavy atom. The highest BCUT2D eigenvalue weighted by Crippen LogP contribution is 2.11. The Bertz CT molecular complexity index is 479. The van der Waals surface area contributed by atoms with Gasteiger partial charge in [0.25, 0.3) is 0 Å². The van der Waals surface area contributed by atoms with Gasteiger partial charge < -0.3 is 26.7 Å². The SMILES string of the molecule is NC(=O)OCCNCc1ccc(F)cc1/C(N)=N/O. The number of nitrogens with zero attached hydrogens (tertiary/aromatic N) is 1. The van der Waals surface area contributed by atoms with E-state index in [1.807, 2.05) is 0 Å². The van der Waals surface area contributed by atoms with E-state index in [0.717, 1.165) is 0 Å². The summed E-state index contributed by atoms with van der Waals surface area (Å²) < 4.78 is 17.6. The Morgan fingerprint density at radius 1 is 1.47 bits per heavy atom. The predicted octanol–water partition coefficient (Wildman–Crippen LogP) is 0.105. The number of hydrogen-bond donors (Lipinski definition) is 4. The minimum absolute atomic E-state index is 0.120. The van der Waals surface area contributed by atoms with Crippen LogP contribution in [0.2, 0.25) is 0 Å². The van der Waals surface area contributed by atoms with Crippen molar-refractivity contribution in [2.24, 2.45) is 16.6 Å². The topological polar surface area (TPSA) is 123 Å². The van der Waals surface area contributed by atoms with Gasteiger partial charge in [0.15, 0.2) is 5.84 Å². The van der Waals surface area contributed by atoms with Gasteiger partial charge in [0, 0.05) is 18.7 Å². The van der Waals surface area contributed by atoms with Crippen LogP contribution in [-0.2, 0) is 11.3 Å². The van der Waals surface area contributed by atoms with E-state index in [0.29, 0.717) is 24.2 Å². The van der Waals surface area contributed by atoms with Crippen molar-refractivity contribution < 1.29 is 19.1 Å². The van der Waals surface area contributed by atoms with Crippen LogP contribution in [0.5, 0.6) is 0 Å². The summed E-state index contributed by atoms with van der Waals surface area (Å²) in [6, 6.07) is 3.96. The van der Waals surface area contributed by atoms with Crippen LogP contribution in [0.15, 0.2) is 23.4 Å². The van der Waals surface area contributed by atoms with E-state index in [4.69, 9.17) is 16.7 Å². The fraction of sp³-hybridized carbons (Fsp3) is 0.273. The molecule has 0 aliphatic carbocycles. The van der Waals surface area contributed by atoms with Gasteiger partial charge in [0.1, 0.15) is 12.4 Å². The Balaban J connectivity index is 2.60. The maximum absolute atomic E-state index is 13.1. The molecule has 0 spiro atoms. The monoisotopic (exact) mass is 270 g/mol. The molecule has 0 saturated heterocycles. The number of nitrogens with one attached hydrogen (secondary N) is 1. The molecule has 1 amide bonds. The van der Waals surface area contributed by atoms with Crippen molar-refractivity contribution in [1.29, 1.82) is 0 Å². The molecule has 1 rings (SSSR count). The average Bonchev–Trinajstić information content (AvgIpc) is 2.38. The number of benzene rings is 1. The Hall–Kier alpha value is -2.35. The second kappa shape index (κ2) is 7.17. The highest BCUT2D eigenvalue weighted by molar-refractivity contribution is 5.98. The van der Waals surface area contributed by atoms with Crippen molar-refractivity contribution in [2.75, 3.05) is 13.2 Å². The minimum atomic E-state index is -0.846. The van der Waals surface area contributed by atoms with Gasteiger partial charge >= 0.3 is 6.09 Å². The summed E-state index contributed by atoms with van der Waals surface area (Å²) in [6.45, 7) is 0.833. The van der Waals surface area contributed by atoms with Gasteiger partial charge in [-0.3, -0.25) is 0 Å². The van der Waals surface area contributed by atoms with Crippen molar-refractivity contribution in [3.63, 3.8) is 0 Å². The molecule has 19 heavy (non-hydrogen) atoms. The summed E-state index contributed by atoms with van der Waals surface area (Å²) >= 11 is 0. The van der Waals surface area contributed by atoms with Crippen molar-refractivity contribution >= 4 is 11.9 Å². The molecule has 0 aliphatic heterocycles. The highest BCUT2D eigenvalue weighted by Gasteiger charge is 2.08. The van der Waals surface area contributed by atoms with Crippen LogP contribution < -0.4 is 16.8 Å². The summed E-state index contributed by atoms with van der Waals surface area (Å²) in [6.07, 6.45) is -0.846. The number of rotatable bonds is 6. The number of oxime groups is 1. The summed E-state index contributed by atoms with van der Waals surface area (Å²) in [7, 11) is 0. The van der Waals surface area contributed by atoms with Gasteiger partial charge in [0.05, 0.1) is 0 Å². The van der Waals surface area contributed by atoms with E-state index in [1.165, 1.54) is 18.2 Å². The zero-order valence-electron chi connectivity index (χ0n) is 10.1. The van der Waals surface area contributed by atoms with Crippen molar-refractivity contribution in [1.82, 2.24) is 5.32 Å². The van der Waals surface area contributed by atoms with Crippen molar-refractivity contribution in [2.45, 2.75) is 6.54 Å². The molecule has 0 saturated carbocycles. The number of amides is 1. The van der Waals surface area contributed by atoms with Crippen molar-refractivity contribution in [3.05, 3.63) is 35.1 Å². The first-order valence-corrected chi connectivity index (χ1v) is 5.44. The van der Waals surface area contributed by atoms with Crippen LogP contribution >= 0.6 is 0 Å². The van der Waals surface area contributed by atoms with Crippen LogP contribution in [0.25, 0.3) is 0 Å². The van der Waals surface area contributed by atoms with Gasteiger partial charge in [-0.1, -0.05) is 11.2 Å². The number of carbonyl (C=O) groups excluding carboxylic acids is 1. The first kappa shape index (κ1) is 14.7. The molecule has 1 aromatic carbocycles. The minimum Gasteiger partial charge on any atom is -0.448 e. The van der Waals surface area contributed by atoms with Crippen LogP contribution in [0.3, 0.4) is 0 Å². The molecule has 0 aliphatic rings. The Kier molecular flexibility index (Phi) is 5.55. The molecule has 0 heterocycles. The van der Waals surface area contributed by atoms with Crippen molar-refractivity contribution in [3.8, 4) is 0 Å². The fourth-order valence-corrected chi connectivity index (χ4v) is 1.44. The number of carbonyl (C=O) groups is 1. The smallest absolute Gasteiger partial charge is 0.404 e. The maximum atomic E-state index is 13.1. The number of ether oxygens (including phenoxy) is 1. The lowest BCUT2D eigenvalue weighted by atomic mass is 10.1. The molecule has 1 aromatic rings. The summed E-state index contributed by atoms with van der Waals surface area (Å²) in [4.78, 5) is 10.3. The van der Waals surface area contributed by atoms with Gasteiger partial charge in [-0.05, 0) is 17.7 Å². The number of hydrogen-bond acceptors (Lipinski definition) is 5. The number of amidine groups is 1. The van der Waals surface area contributed by atoms with E-state index < -0.39 is 11.9 Å². The Morgan fingerprint density at radius 3 is 2.84 bits per heavy atom. The first-order chi connectivity index (χ1) is 9.04. The summed E-state index contributed by atoms with van der Waals surface area (Å²) in [5.74, 6) is -0.660. The largest absolute Gasteiger partial charge is 0.448 e. The molecule has 0 bridgehead atoms. The third-order valence-corrected chi connectivity index (χ3v) is 2.29. The lowest BCUT2D eigenvalue weighted by Crippen LogP contribution is -2.25. The number of halogens is 1. The quantitative estimate of drug-likeness (QED) is 0.192. The zero-order chi connectivity index (χ0) is 14.3. The summed E-state index contributed by atoms with van der Waals surface area (Å²) in [5, 5.41) is 14.4. The molecule has 104 valence electrons. The second-order valence-electron chi connectivity index (χ2n) is 3.63.